The van der Waals surface area contributed by atoms with Gasteiger partial charge in [0.25, 0.3) is 0 Å². The number of ether oxygens (including phenoxy) is 1. The summed E-state index contributed by atoms with van der Waals surface area (Å²) in [4.78, 5) is 0. The molecule has 0 amide bonds. The van der Waals surface area contributed by atoms with Gasteiger partial charge in [-0.2, -0.15) is 11.8 Å². The zero-order valence-electron chi connectivity index (χ0n) is 11.3. The van der Waals surface area contributed by atoms with Gasteiger partial charge in [0, 0.05) is 5.75 Å². The first kappa shape index (κ1) is 15.8. The number of hydrogen-bond acceptors (Lipinski definition) is 2. The average molecular weight is 312 g/mol. The molecule has 0 unspecified atom stereocenters. The molecule has 0 heterocycles. The van der Waals surface area contributed by atoms with Crippen molar-refractivity contribution in [1.29, 1.82) is 0 Å². The van der Waals surface area contributed by atoms with Gasteiger partial charge in [0.2, 0.25) is 0 Å². The lowest BCUT2D eigenvalue weighted by Gasteiger charge is -2.13. The molecule has 112 valence electrons. The topological polar surface area (TPSA) is 9.23 Å². The van der Waals surface area contributed by atoms with Crippen LogP contribution in [0.3, 0.4) is 0 Å². The molecule has 21 heavy (non-hydrogen) atoms. The first-order valence-corrected chi connectivity index (χ1v) is 7.65. The highest BCUT2D eigenvalue weighted by Gasteiger charge is 2.31. The first-order valence-electron chi connectivity index (χ1n) is 6.50. The molecule has 0 saturated heterocycles. The third-order valence-corrected chi connectivity index (χ3v) is 3.86. The largest absolute Gasteiger partial charge is 0.573 e. The number of thioether (sulfide) groups is 1. The van der Waals surface area contributed by atoms with E-state index in [9.17, 15) is 13.2 Å². The average Bonchev–Trinajstić information content (AvgIpc) is 2.45. The van der Waals surface area contributed by atoms with Crippen molar-refractivity contribution in [2.75, 3.05) is 5.75 Å². The molecular weight excluding hydrogens is 297 g/mol. The predicted octanol–water partition coefficient (Wildman–Crippen LogP) is 5.06. The zero-order chi connectivity index (χ0) is 15.1. The van der Waals surface area contributed by atoms with Crippen LogP contribution in [-0.2, 0) is 12.2 Å². The molecular formula is C16H15F3OS. The fraction of sp³-hybridized carbons (Fsp3) is 0.250. The maximum atomic E-state index is 12.3. The maximum absolute atomic E-state index is 12.3. The number of aryl methyl sites for hydroxylation is 1. The number of para-hydroxylation sites is 1. The Balaban J connectivity index is 1.86. The van der Waals surface area contributed by atoms with Crippen LogP contribution >= 0.6 is 11.8 Å². The van der Waals surface area contributed by atoms with Crippen LogP contribution in [-0.4, -0.2) is 12.1 Å². The Morgan fingerprint density at radius 2 is 1.57 bits per heavy atom. The smallest absolute Gasteiger partial charge is 0.406 e. The highest BCUT2D eigenvalue weighted by molar-refractivity contribution is 7.98. The van der Waals surface area contributed by atoms with Crippen molar-refractivity contribution >= 4 is 11.8 Å². The number of alkyl halides is 3. The molecule has 0 N–H and O–H groups in total. The van der Waals surface area contributed by atoms with Gasteiger partial charge in [0.05, 0.1) is 0 Å². The number of halogens is 3. The third-order valence-electron chi connectivity index (χ3n) is 2.83. The van der Waals surface area contributed by atoms with Gasteiger partial charge in [0.1, 0.15) is 5.75 Å². The molecule has 0 saturated carbocycles. The normalized spacial score (nSPS) is 11.4. The van der Waals surface area contributed by atoms with Gasteiger partial charge in [0.15, 0.2) is 0 Å². The molecule has 2 aromatic carbocycles. The number of hydrogen-bond donors (Lipinski definition) is 0. The van der Waals surface area contributed by atoms with Crippen molar-refractivity contribution < 1.29 is 17.9 Å². The Kier molecular flexibility index (Phi) is 5.56. The number of benzene rings is 2. The molecule has 5 heteroatoms. The summed E-state index contributed by atoms with van der Waals surface area (Å²) >= 11 is 1.69. The lowest BCUT2D eigenvalue weighted by atomic mass is 10.1. The molecule has 0 fully saturated rings. The van der Waals surface area contributed by atoms with Crippen molar-refractivity contribution in [2.45, 2.75) is 18.5 Å². The van der Waals surface area contributed by atoms with Crippen LogP contribution in [0.4, 0.5) is 13.2 Å². The van der Waals surface area contributed by atoms with E-state index in [0.29, 0.717) is 12.0 Å². The van der Waals surface area contributed by atoms with Gasteiger partial charge in [-0.15, -0.1) is 13.2 Å². The third kappa shape index (κ3) is 5.71. The van der Waals surface area contributed by atoms with E-state index < -0.39 is 6.36 Å². The molecule has 0 radical (unpaired) electrons. The van der Waals surface area contributed by atoms with E-state index in [-0.39, 0.29) is 5.75 Å². The van der Waals surface area contributed by atoms with Crippen LogP contribution in [0, 0.1) is 0 Å². The second-order valence-corrected chi connectivity index (χ2v) is 5.55. The lowest BCUT2D eigenvalue weighted by molar-refractivity contribution is -0.274. The Morgan fingerprint density at radius 3 is 2.29 bits per heavy atom. The summed E-state index contributed by atoms with van der Waals surface area (Å²) in [5.74, 6) is 1.49. The summed E-state index contributed by atoms with van der Waals surface area (Å²) in [6.07, 6.45) is -4.10. The van der Waals surface area contributed by atoms with E-state index >= 15 is 0 Å². The van der Waals surface area contributed by atoms with Crippen molar-refractivity contribution in [1.82, 2.24) is 0 Å². The van der Waals surface area contributed by atoms with Crippen LogP contribution < -0.4 is 4.74 Å². The fourth-order valence-corrected chi connectivity index (χ4v) is 2.82. The van der Waals surface area contributed by atoms with Crippen LogP contribution in [0.25, 0.3) is 0 Å². The first-order chi connectivity index (χ1) is 10.0. The van der Waals surface area contributed by atoms with Crippen molar-refractivity contribution in [3.8, 4) is 5.75 Å². The monoisotopic (exact) mass is 312 g/mol. The van der Waals surface area contributed by atoms with E-state index in [0.717, 1.165) is 11.5 Å². The molecule has 0 atom stereocenters. The standard InChI is InChI=1S/C16H15F3OS/c17-16(18,19)20-15-9-5-4-8-14(15)10-11-21-12-13-6-2-1-3-7-13/h1-9H,10-12H2. The minimum Gasteiger partial charge on any atom is -0.406 e. The van der Waals surface area contributed by atoms with Crippen LogP contribution in [0.15, 0.2) is 54.6 Å². The SMILES string of the molecule is FC(F)(F)Oc1ccccc1CCSCc1ccccc1. The molecule has 0 aliphatic heterocycles. The van der Waals surface area contributed by atoms with Crippen LogP contribution in [0.2, 0.25) is 0 Å². The molecule has 0 bridgehead atoms. The Morgan fingerprint density at radius 1 is 0.905 bits per heavy atom. The van der Waals surface area contributed by atoms with Crippen molar-refractivity contribution in [3.63, 3.8) is 0 Å². The summed E-state index contributed by atoms with van der Waals surface area (Å²) in [7, 11) is 0. The van der Waals surface area contributed by atoms with Gasteiger partial charge in [-0.25, -0.2) is 0 Å². The van der Waals surface area contributed by atoms with Gasteiger partial charge >= 0.3 is 6.36 Å². The predicted molar refractivity (Wildman–Crippen MR) is 79.4 cm³/mol. The van der Waals surface area contributed by atoms with E-state index in [1.165, 1.54) is 11.6 Å². The quantitative estimate of drug-likeness (QED) is 0.689. The van der Waals surface area contributed by atoms with E-state index in [1.807, 2.05) is 30.3 Å². The zero-order valence-corrected chi connectivity index (χ0v) is 12.1. The Bertz CT molecular complexity index is 555. The van der Waals surface area contributed by atoms with Crippen molar-refractivity contribution in [3.05, 3.63) is 65.7 Å². The summed E-state index contributed by atoms with van der Waals surface area (Å²) < 4.78 is 40.9. The maximum Gasteiger partial charge on any atom is 0.573 e. The number of rotatable bonds is 6. The van der Waals surface area contributed by atoms with E-state index in [4.69, 9.17) is 0 Å². The Hall–Kier alpha value is -1.62. The second-order valence-electron chi connectivity index (χ2n) is 4.44. The fourth-order valence-electron chi connectivity index (χ4n) is 1.88. The minimum absolute atomic E-state index is 0.106. The lowest BCUT2D eigenvalue weighted by Crippen LogP contribution is -2.18. The van der Waals surface area contributed by atoms with E-state index in [1.54, 1.807) is 30.0 Å². The van der Waals surface area contributed by atoms with Gasteiger partial charge in [-0.1, -0.05) is 48.5 Å². The molecule has 0 aliphatic rings. The molecule has 0 aromatic heterocycles. The highest BCUT2D eigenvalue weighted by Crippen LogP contribution is 2.27. The van der Waals surface area contributed by atoms with Gasteiger partial charge in [-0.05, 0) is 29.4 Å². The van der Waals surface area contributed by atoms with Crippen LogP contribution in [0.1, 0.15) is 11.1 Å². The summed E-state index contributed by atoms with van der Waals surface area (Å²) in [5.41, 5.74) is 1.79. The minimum atomic E-state index is -4.65. The summed E-state index contributed by atoms with van der Waals surface area (Å²) in [5, 5.41) is 0. The second kappa shape index (κ2) is 7.41. The van der Waals surface area contributed by atoms with E-state index in [2.05, 4.69) is 4.74 Å². The molecule has 2 aromatic rings. The molecule has 2 rings (SSSR count). The van der Waals surface area contributed by atoms with Crippen LogP contribution in [0.5, 0.6) is 5.75 Å². The van der Waals surface area contributed by atoms with Gasteiger partial charge < -0.3 is 4.74 Å². The van der Waals surface area contributed by atoms with Gasteiger partial charge in [-0.3, -0.25) is 0 Å². The molecule has 0 aliphatic carbocycles. The summed E-state index contributed by atoms with van der Waals surface area (Å²) in [6.45, 7) is 0. The summed E-state index contributed by atoms with van der Waals surface area (Å²) in [6, 6.07) is 16.3. The molecule has 1 nitrogen and oxygen atoms in total. The Labute approximate surface area is 126 Å². The highest BCUT2D eigenvalue weighted by atomic mass is 32.2. The molecule has 0 spiro atoms. The van der Waals surface area contributed by atoms with Crippen molar-refractivity contribution in [2.24, 2.45) is 0 Å².